The van der Waals surface area contributed by atoms with Crippen molar-refractivity contribution in [2.24, 2.45) is 0 Å². The van der Waals surface area contributed by atoms with Gasteiger partial charge in [-0.3, -0.25) is 0 Å². The number of hydrogen-bond acceptors (Lipinski definition) is 6. The van der Waals surface area contributed by atoms with Gasteiger partial charge in [0.05, 0.1) is 19.3 Å². The normalized spacial score (nSPS) is 22.6. The smallest absolute Gasteiger partial charge is 0.244 e. The van der Waals surface area contributed by atoms with Crippen LogP contribution in [0.1, 0.15) is 18.4 Å². The molecule has 0 aliphatic carbocycles. The minimum Gasteiger partial charge on any atom is -0.497 e. The number of aliphatic hydroxyl groups excluding tert-OH is 1. The Balaban J connectivity index is 1.84. The minimum absolute atomic E-state index is 0.0677. The first-order valence-electron chi connectivity index (χ1n) is 6.16. The zero-order valence-corrected chi connectivity index (χ0v) is 10.5. The molecule has 1 aromatic carbocycles. The highest BCUT2D eigenvalue weighted by molar-refractivity contribution is 5.56. The first-order valence-corrected chi connectivity index (χ1v) is 6.16. The van der Waals surface area contributed by atoms with E-state index >= 15 is 0 Å². The molecular formula is C13H15N3O3. The fourth-order valence-electron chi connectivity index (χ4n) is 2.16. The van der Waals surface area contributed by atoms with Crippen LogP contribution in [0.5, 0.6) is 5.75 Å². The molecule has 1 saturated heterocycles. The molecule has 0 bridgehead atoms. The molecule has 0 amide bonds. The molecule has 100 valence electrons. The largest absolute Gasteiger partial charge is 0.497 e. The minimum atomic E-state index is -0.350. The van der Waals surface area contributed by atoms with E-state index < -0.39 is 0 Å². The van der Waals surface area contributed by atoms with E-state index in [9.17, 15) is 5.11 Å². The summed E-state index contributed by atoms with van der Waals surface area (Å²) < 4.78 is 10.4. The maximum absolute atomic E-state index is 9.48. The molecule has 2 N–H and O–H groups in total. The summed E-state index contributed by atoms with van der Waals surface area (Å²) in [5.41, 5.74) is 0.841. The second kappa shape index (κ2) is 4.99. The van der Waals surface area contributed by atoms with Crippen LogP contribution in [-0.2, 0) is 0 Å². The van der Waals surface area contributed by atoms with Gasteiger partial charge in [-0.2, -0.15) is 4.98 Å². The molecule has 2 heterocycles. The lowest BCUT2D eigenvalue weighted by molar-refractivity contribution is 0.191. The van der Waals surface area contributed by atoms with Gasteiger partial charge in [-0.05, 0) is 18.6 Å². The predicted octanol–water partition coefficient (Wildman–Crippen LogP) is 1.14. The van der Waals surface area contributed by atoms with Crippen molar-refractivity contribution in [1.82, 2.24) is 15.5 Å². The molecular weight excluding hydrogens is 246 g/mol. The van der Waals surface area contributed by atoms with E-state index in [0.717, 1.165) is 11.3 Å². The standard InChI is InChI=1S/C13H15N3O3/c1-18-10-4-2-3-8(5-10)12-15-13(19-16-12)11-6-9(17)7-14-11/h2-5,9,11,14,17H,6-7H2,1H3/t9-,11+/m1/s1. The monoisotopic (exact) mass is 261 g/mol. The van der Waals surface area contributed by atoms with Crippen molar-refractivity contribution < 1.29 is 14.4 Å². The van der Waals surface area contributed by atoms with Crippen LogP contribution in [0, 0.1) is 0 Å². The molecule has 6 heteroatoms. The van der Waals surface area contributed by atoms with Crippen molar-refractivity contribution in [3.05, 3.63) is 30.2 Å². The zero-order chi connectivity index (χ0) is 13.2. The van der Waals surface area contributed by atoms with Crippen LogP contribution >= 0.6 is 0 Å². The maximum Gasteiger partial charge on any atom is 0.244 e. The van der Waals surface area contributed by atoms with Gasteiger partial charge in [-0.15, -0.1) is 0 Å². The number of hydrogen-bond donors (Lipinski definition) is 2. The molecule has 1 aliphatic rings. The van der Waals surface area contributed by atoms with Crippen LogP contribution in [0.2, 0.25) is 0 Å². The van der Waals surface area contributed by atoms with E-state index in [1.165, 1.54) is 0 Å². The number of aliphatic hydroxyl groups is 1. The molecule has 1 aliphatic heterocycles. The summed E-state index contributed by atoms with van der Waals surface area (Å²) in [5, 5.41) is 16.6. The Morgan fingerprint density at radius 2 is 2.37 bits per heavy atom. The van der Waals surface area contributed by atoms with Gasteiger partial charge in [-0.25, -0.2) is 0 Å². The summed E-state index contributed by atoms with van der Waals surface area (Å²) in [7, 11) is 1.62. The molecule has 3 rings (SSSR count). The van der Waals surface area contributed by atoms with Crippen molar-refractivity contribution in [3.8, 4) is 17.1 Å². The van der Waals surface area contributed by atoms with E-state index in [1.807, 2.05) is 24.3 Å². The highest BCUT2D eigenvalue weighted by atomic mass is 16.5. The van der Waals surface area contributed by atoms with Crippen molar-refractivity contribution in [3.63, 3.8) is 0 Å². The third-order valence-corrected chi connectivity index (χ3v) is 3.18. The van der Waals surface area contributed by atoms with Crippen LogP contribution < -0.4 is 10.1 Å². The first-order chi connectivity index (χ1) is 9.26. The molecule has 6 nitrogen and oxygen atoms in total. The van der Waals surface area contributed by atoms with Gasteiger partial charge in [0.1, 0.15) is 5.75 Å². The van der Waals surface area contributed by atoms with Crippen LogP contribution in [-0.4, -0.2) is 35.0 Å². The summed E-state index contributed by atoms with van der Waals surface area (Å²) in [6, 6.07) is 7.42. The second-order valence-corrected chi connectivity index (χ2v) is 4.54. The third kappa shape index (κ3) is 2.45. The molecule has 2 aromatic rings. The van der Waals surface area contributed by atoms with Crippen molar-refractivity contribution in [1.29, 1.82) is 0 Å². The Bertz CT molecular complexity index is 570. The molecule has 1 aromatic heterocycles. The number of ether oxygens (including phenoxy) is 1. The molecule has 0 saturated carbocycles. The fraction of sp³-hybridized carbons (Fsp3) is 0.385. The van der Waals surface area contributed by atoms with Crippen molar-refractivity contribution >= 4 is 0 Å². The van der Waals surface area contributed by atoms with E-state index in [2.05, 4.69) is 15.5 Å². The molecule has 0 unspecified atom stereocenters. The van der Waals surface area contributed by atoms with Gasteiger partial charge < -0.3 is 19.7 Å². The number of rotatable bonds is 3. The van der Waals surface area contributed by atoms with E-state index in [1.54, 1.807) is 7.11 Å². The van der Waals surface area contributed by atoms with Crippen LogP contribution in [0.4, 0.5) is 0 Å². The molecule has 0 spiro atoms. The Labute approximate surface area is 110 Å². The summed E-state index contributed by atoms with van der Waals surface area (Å²) >= 11 is 0. The Kier molecular flexibility index (Phi) is 3.18. The number of nitrogens with one attached hydrogen (secondary N) is 1. The summed E-state index contributed by atoms with van der Waals surface area (Å²) in [6.07, 6.45) is 0.247. The predicted molar refractivity (Wildman–Crippen MR) is 67.7 cm³/mol. The van der Waals surface area contributed by atoms with E-state index in [4.69, 9.17) is 9.26 Å². The lowest BCUT2D eigenvalue weighted by atomic mass is 10.2. The third-order valence-electron chi connectivity index (χ3n) is 3.18. The van der Waals surface area contributed by atoms with Crippen molar-refractivity contribution in [2.75, 3.05) is 13.7 Å². The number of nitrogens with zero attached hydrogens (tertiary/aromatic N) is 2. The Morgan fingerprint density at radius 1 is 1.47 bits per heavy atom. The number of benzene rings is 1. The quantitative estimate of drug-likeness (QED) is 0.862. The fourth-order valence-corrected chi connectivity index (χ4v) is 2.16. The maximum atomic E-state index is 9.48. The number of β-amino-alcohol motifs (C(OH)–C–C–N with tert-alkyl or cyclic N) is 1. The van der Waals surface area contributed by atoms with Crippen LogP contribution in [0.15, 0.2) is 28.8 Å². The highest BCUT2D eigenvalue weighted by Gasteiger charge is 2.28. The van der Waals surface area contributed by atoms with Crippen LogP contribution in [0.25, 0.3) is 11.4 Å². The Hall–Kier alpha value is -1.92. The molecule has 19 heavy (non-hydrogen) atoms. The summed E-state index contributed by atoms with van der Waals surface area (Å²) in [5.74, 6) is 1.78. The lowest BCUT2D eigenvalue weighted by Gasteiger charge is -2.02. The van der Waals surface area contributed by atoms with Gasteiger partial charge >= 0.3 is 0 Å². The van der Waals surface area contributed by atoms with Crippen molar-refractivity contribution in [2.45, 2.75) is 18.6 Å². The van der Waals surface area contributed by atoms with Gasteiger partial charge in [0.15, 0.2) is 0 Å². The Morgan fingerprint density at radius 3 is 3.11 bits per heavy atom. The molecule has 2 atom stereocenters. The average Bonchev–Trinajstić information content (AvgIpc) is 3.07. The topological polar surface area (TPSA) is 80.4 Å². The second-order valence-electron chi connectivity index (χ2n) is 4.54. The van der Waals surface area contributed by atoms with Gasteiger partial charge in [0.2, 0.25) is 11.7 Å². The zero-order valence-electron chi connectivity index (χ0n) is 10.5. The number of aromatic nitrogens is 2. The highest BCUT2D eigenvalue weighted by Crippen LogP contribution is 2.26. The van der Waals surface area contributed by atoms with Gasteiger partial charge in [0, 0.05) is 12.1 Å². The van der Waals surface area contributed by atoms with Gasteiger partial charge in [0.25, 0.3) is 0 Å². The lowest BCUT2D eigenvalue weighted by Crippen LogP contribution is -2.15. The average molecular weight is 261 g/mol. The molecule has 1 fully saturated rings. The SMILES string of the molecule is COc1cccc(-c2noc([C@@H]3C[C@@H](O)CN3)n2)c1. The van der Waals surface area contributed by atoms with Gasteiger partial charge in [-0.1, -0.05) is 17.3 Å². The van der Waals surface area contributed by atoms with E-state index in [0.29, 0.717) is 24.7 Å². The first kappa shape index (κ1) is 12.1. The summed E-state index contributed by atoms with van der Waals surface area (Å²) in [6.45, 7) is 0.557. The number of methoxy groups -OCH3 is 1. The molecule has 0 radical (unpaired) electrons. The summed E-state index contributed by atoms with van der Waals surface area (Å²) in [4.78, 5) is 4.37. The van der Waals surface area contributed by atoms with E-state index in [-0.39, 0.29) is 12.1 Å². The van der Waals surface area contributed by atoms with Crippen LogP contribution in [0.3, 0.4) is 0 Å².